The SMILES string of the molecule is N#Cc1ccc(Cl)c(Nc2c(N)cnc3ccccc23)c1. The van der Waals surface area contributed by atoms with Crippen molar-refractivity contribution in [3.05, 3.63) is 59.2 Å². The number of aromatic nitrogens is 1. The molecule has 0 aliphatic heterocycles. The number of rotatable bonds is 2. The Hall–Kier alpha value is -2.77. The van der Waals surface area contributed by atoms with Crippen LogP contribution in [-0.4, -0.2) is 4.98 Å². The van der Waals surface area contributed by atoms with E-state index in [1.54, 1.807) is 24.4 Å². The molecule has 21 heavy (non-hydrogen) atoms. The van der Waals surface area contributed by atoms with Gasteiger partial charge in [0.25, 0.3) is 0 Å². The third kappa shape index (κ3) is 2.47. The van der Waals surface area contributed by atoms with Crippen LogP contribution in [0.25, 0.3) is 10.9 Å². The average molecular weight is 295 g/mol. The van der Waals surface area contributed by atoms with Crippen LogP contribution in [0.2, 0.25) is 5.02 Å². The fraction of sp³-hybridized carbons (Fsp3) is 0. The monoisotopic (exact) mass is 294 g/mol. The normalized spacial score (nSPS) is 10.3. The van der Waals surface area contributed by atoms with E-state index in [1.807, 2.05) is 24.3 Å². The van der Waals surface area contributed by atoms with Gasteiger partial charge in [-0.05, 0) is 24.3 Å². The molecule has 4 nitrogen and oxygen atoms in total. The number of nitriles is 1. The summed E-state index contributed by atoms with van der Waals surface area (Å²) in [7, 11) is 0. The van der Waals surface area contributed by atoms with Gasteiger partial charge in [-0.1, -0.05) is 29.8 Å². The highest BCUT2D eigenvalue weighted by molar-refractivity contribution is 6.33. The Labute approximate surface area is 126 Å². The Kier molecular flexibility index (Phi) is 3.35. The van der Waals surface area contributed by atoms with E-state index < -0.39 is 0 Å². The van der Waals surface area contributed by atoms with Crippen molar-refractivity contribution in [3.8, 4) is 6.07 Å². The van der Waals surface area contributed by atoms with Crippen molar-refractivity contribution in [2.75, 3.05) is 11.1 Å². The molecule has 3 aromatic rings. The van der Waals surface area contributed by atoms with Gasteiger partial charge in [-0.15, -0.1) is 0 Å². The van der Waals surface area contributed by atoms with E-state index in [1.165, 1.54) is 0 Å². The second-order valence-electron chi connectivity index (χ2n) is 4.54. The van der Waals surface area contributed by atoms with Gasteiger partial charge in [0, 0.05) is 5.39 Å². The van der Waals surface area contributed by atoms with E-state index in [2.05, 4.69) is 16.4 Å². The maximum absolute atomic E-state index is 8.99. The number of nitrogens with one attached hydrogen (secondary N) is 1. The molecule has 0 radical (unpaired) electrons. The number of fused-ring (bicyclic) bond motifs is 1. The van der Waals surface area contributed by atoms with Crippen LogP contribution in [0.4, 0.5) is 17.1 Å². The first-order valence-electron chi connectivity index (χ1n) is 6.29. The Bertz CT molecular complexity index is 868. The van der Waals surface area contributed by atoms with Crippen LogP contribution < -0.4 is 11.1 Å². The molecule has 0 fully saturated rings. The molecule has 2 aromatic carbocycles. The predicted octanol–water partition coefficient (Wildman–Crippen LogP) is 4.09. The summed E-state index contributed by atoms with van der Waals surface area (Å²) in [5.74, 6) is 0. The van der Waals surface area contributed by atoms with Crippen LogP contribution in [0.3, 0.4) is 0 Å². The zero-order chi connectivity index (χ0) is 14.8. The van der Waals surface area contributed by atoms with E-state index in [-0.39, 0.29) is 0 Å². The lowest BCUT2D eigenvalue weighted by molar-refractivity contribution is 1.40. The van der Waals surface area contributed by atoms with Gasteiger partial charge in [0.05, 0.1) is 45.4 Å². The summed E-state index contributed by atoms with van der Waals surface area (Å²) >= 11 is 6.18. The minimum absolute atomic E-state index is 0.520. The molecule has 0 saturated heterocycles. The molecule has 0 bridgehead atoms. The van der Waals surface area contributed by atoms with Gasteiger partial charge in [0.1, 0.15) is 0 Å². The molecule has 0 amide bonds. The van der Waals surface area contributed by atoms with Gasteiger partial charge in [-0.25, -0.2) is 0 Å². The first kappa shape index (κ1) is 13.2. The first-order valence-corrected chi connectivity index (χ1v) is 6.67. The van der Waals surface area contributed by atoms with Gasteiger partial charge in [0.15, 0.2) is 0 Å². The molecule has 1 aromatic heterocycles. The van der Waals surface area contributed by atoms with E-state index in [0.717, 1.165) is 16.6 Å². The van der Waals surface area contributed by atoms with Crippen molar-refractivity contribution in [3.63, 3.8) is 0 Å². The average Bonchev–Trinajstić information content (AvgIpc) is 2.52. The molecule has 5 heteroatoms. The van der Waals surface area contributed by atoms with Crippen molar-refractivity contribution >= 4 is 39.6 Å². The lowest BCUT2D eigenvalue weighted by Crippen LogP contribution is -1.99. The highest BCUT2D eigenvalue weighted by Gasteiger charge is 2.09. The standard InChI is InChI=1S/C16H11ClN4/c17-12-6-5-10(8-18)7-15(12)21-16-11-3-1-2-4-14(11)20-9-13(16)19/h1-7,9H,19H2,(H,20,21). The fourth-order valence-corrected chi connectivity index (χ4v) is 2.29. The number of halogens is 1. The fourth-order valence-electron chi connectivity index (χ4n) is 2.12. The molecule has 0 saturated carbocycles. The second kappa shape index (κ2) is 5.31. The van der Waals surface area contributed by atoms with Crippen LogP contribution >= 0.6 is 11.6 Å². The summed E-state index contributed by atoms with van der Waals surface area (Å²) in [6, 6.07) is 14.8. The molecule has 0 aliphatic carbocycles. The minimum atomic E-state index is 0.520. The summed E-state index contributed by atoms with van der Waals surface area (Å²) in [5, 5.41) is 13.6. The Balaban J connectivity index is 2.14. The van der Waals surface area contributed by atoms with Crippen molar-refractivity contribution in [1.82, 2.24) is 4.98 Å². The number of para-hydroxylation sites is 1. The molecule has 0 unspecified atom stereocenters. The van der Waals surface area contributed by atoms with Crippen LogP contribution in [0, 0.1) is 11.3 Å². The summed E-state index contributed by atoms with van der Waals surface area (Å²) in [5.41, 5.74) is 9.28. The number of anilines is 3. The van der Waals surface area contributed by atoms with Crippen molar-refractivity contribution in [2.24, 2.45) is 0 Å². The van der Waals surface area contributed by atoms with Crippen molar-refractivity contribution < 1.29 is 0 Å². The van der Waals surface area contributed by atoms with E-state index in [4.69, 9.17) is 22.6 Å². The smallest absolute Gasteiger partial charge is 0.0992 e. The summed E-state index contributed by atoms with van der Waals surface area (Å²) < 4.78 is 0. The molecule has 0 aliphatic rings. The Morgan fingerprint density at radius 3 is 2.81 bits per heavy atom. The van der Waals surface area contributed by atoms with E-state index in [0.29, 0.717) is 22.0 Å². The molecule has 102 valence electrons. The Morgan fingerprint density at radius 1 is 1.19 bits per heavy atom. The number of benzene rings is 2. The number of nitrogens with zero attached hydrogens (tertiary/aromatic N) is 2. The molecule has 3 N–H and O–H groups in total. The van der Waals surface area contributed by atoms with E-state index in [9.17, 15) is 0 Å². The molecular weight excluding hydrogens is 284 g/mol. The van der Waals surface area contributed by atoms with Crippen LogP contribution in [0.1, 0.15) is 5.56 Å². The molecular formula is C16H11ClN4. The van der Waals surface area contributed by atoms with Gasteiger partial charge < -0.3 is 11.1 Å². The third-order valence-electron chi connectivity index (χ3n) is 3.16. The highest BCUT2D eigenvalue weighted by atomic mass is 35.5. The zero-order valence-electron chi connectivity index (χ0n) is 11.0. The summed E-state index contributed by atoms with van der Waals surface area (Å²) in [6.45, 7) is 0. The van der Waals surface area contributed by atoms with Crippen molar-refractivity contribution in [1.29, 1.82) is 5.26 Å². The lowest BCUT2D eigenvalue weighted by Gasteiger charge is -2.13. The molecule has 0 spiro atoms. The van der Waals surface area contributed by atoms with Crippen LogP contribution in [0.15, 0.2) is 48.7 Å². The molecule has 0 atom stereocenters. The number of nitrogens with two attached hydrogens (primary N) is 1. The Morgan fingerprint density at radius 2 is 2.00 bits per heavy atom. The van der Waals surface area contributed by atoms with Gasteiger partial charge >= 0.3 is 0 Å². The highest BCUT2D eigenvalue weighted by Crippen LogP contribution is 2.33. The number of hydrogen-bond donors (Lipinski definition) is 2. The lowest BCUT2D eigenvalue weighted by atomic mass is 10.1. The van der Waals surface area contributed by atoms with Crippen LogP contribution in [-0.2, 0) is 0 Å². The van der Waals surface area contributed by atoms with Gasteiger partial charge in [-0.2, -0.15) is 5.26 Å². The number of hydrogen-bond acceptors (Lipinski definition) is 4. The predicted molar refractivity (Wildman–Crippen MR) is 85.6 cm³/mol. The summed E-state index contributed by atoms with van der Waals surface area (Å²) in [4.78, 5) is 4.29. The maximum atomic E-state index is 8.99. The van der Waals surface area contributed by atoms with Crippen LogP contribution in [0.5, 0.6) is 0 Å². The zero-order valence-corrected chi connectivity index (χ0v) is 11.7. The first-order chi connectivity index (χ1) is 10.2. The van der Waals surface area contributed by atoms with Gasteiger partial charge in [0.2, 0.25) is 0 Å². The number of nitrogen functional groups attached to an aromatic ring is 1. The van der Waals surface area contributed by atoms with Gasteiger partial charge in [-0.3, -0.25) is 4.98 Å². The third-order valence-corrected chi connectivity index (χ3v) is 3.49. The minimum Gasteiger partial charge on any atom is -0.396 e. The maximum Gasteiger partial charge on any atom is 0.0992 e. The summed E-state index contributed by atoms with van der Waals surface area (Å²) in [6.07, 6.45) is 1.60. The second-order valence-corrected chi connectivity index (χ2v) is 4.94. The molecule has 3 rings (SSSR count). The largest absolute Gasteiger partial charge is 0.396 e. The number of pyridine rings is 1. The quantitative estimate of drug-likeness (QED) is 0.746. The topological polar surface area (TPSA) is 74.7 Å². The van der Waals surface area contributed by atoms with Crippen molar-refractivity contribution in [2.45, 2.75) is 0 Å². The van der Waals surface area contributed by atoms with E-state index >= 15 is 0 Å². The molecule has 1 heterocycles.